The van der Waals surface area contributed by atoms with Crippen molar-refractivity contribution >= 4 is 22.6 Å². The number of nitrogens with zero attached hydrogens (tertiary/aromatic N) is 3. The Morgan fingerprint density at radius 3 is 2.73 bits per heavy atom. The molecule has 6 heteroatoms. The predicted molar refractivity (Wildman–Crippen MR) is 105 cm³/mol. The Labute approximate surface area is 158 Å². The number of likely N-dealkylation sites (tertiary alicyclic amines) is 1. The van der Waals surface area contributed by atoms with E-state index >= 15 is 0 Å². The number of fused-ring (bicyclic) bond motifs is 1. The molecule has 0 aliphatic carbocycles. The van der Waals surface area contributed by atoms with Crippen LogP contribution in [-0.2, 0) is 4.74 Å². The third kappa shape index (κ3) is 3.43. The molecule has 26 heavy (non-hydrogen) atoms. The fourth-order valence-electron chi connectivity index (χ4n) is 3.81. The number of anilines is 1. The van der Waals surface area contributed by atoms with Crippen molar-refractivity contribution in [2.45, 2.75) is 38.8 Å². The SMILES string of the molecule is CC(C)(C)OC(=O)N1C[C@H]2CCN(c3ncc(-c4ccccc4)s3)[C@H]2C1. The van der Waals surface area contributed by atoms with Crippen molar-refractivity contribution < 1.29 is 9.53 Å². The number of carbonyl (C=O) groups excluding carboxylic acids is 1. The number of hydrogen-bond acceptors (Lipinski definition) is 5. The molecule has 0 spiro atoms. The number of amides is 1. The largest absolute Gasteiger partial charge is 0.444 e. The summed E-state index contributed by atoms with van der Waals surface area (Å²) in [5, 5.41) is 1.06. The van der Waals surface area contributed by atoms with Crippen molar-refractivity contribution in [1.29, 1.82) is 0 Å². The molecule has 0 N–H and O–H groups in total. The molecule has 2 atom stereocenters. The minimum atomic E-state index is -0.450. The summed E-state index contributed by atoms with van der Waals surface area (Å²) in [5.74, 6) is 0.506. The van der Waals surface area contributed by atoms with Crippen LogP contribution < -0.4 is 4.90 Å². The van der Waals surface area contributed by atoms with E-state index in [0.29, 0.717) is 12.0 Å². The van der Waals surface area contributed by atoms with Crippen molar-refractivity contribution in [2.24, 2.45) is 5.92 Å². The van der Waals surface area contributed by atoms with Crippen molar-refractivity contribution in [1.82, 2.24) is 9.88 Å². The normalized spacial score (nSPS) is 22.6. The summed E-state index contributed by atoms with van der Waals surface area (Å²) in [5.41, 5.74) is 0.753. The van der Waals surface area contributed by atoms with E-state index in [1.165, 1.54) is 10.4 Å². The van der Waals surface area contributed by atoms with Gasteiger partial charge in [-0.05, 0) is 32.8 Å². The third-order valence-electron chi connectivity index (χ3n) is 5.00. The summed E-state index contributed by atoms with van der Waals surface area (Å²) in [4.78, 5) is 22.5. The number of aromatic nitrogens is 1. The Balaban J connectivity index is 1.47. The van der Waals surface area contributed by atoms with Gasteiger partial charge in [0.15, 0.2) is 5.13 Å². The molecule has 0 radical (unpaired) electrons. The predicted octanol–water partition coefficient (Wildman–Crippen LogP) is 4.26. The Morgan fingerprint density at radius 2 is 2.00 bits per heavy atom. The molecule has 2 aliphatic heterocycles. The van der Waals surface area contributed by atoms with E-state index in [4.69, 9.17) is 4.74 Å². The molecule has 4 rings (SSSR count). The molecule has 0 bridgehead atoms. The van der Waals surface area contributed by atoms with Gasteiger partial charge in [0.2, 0.25) is 0 Å². The van der Waals surface area contributed by atoms with Crippen LogP contribution in [0.2, 0.25) is 0 Å². The summed E-state index contributed by atoms with van der Waals surface area (Å²) < 4.78 is 5.55. The van der Waals surface area contributed by atoms with Crippen molar-refractivity contribution in [3.63, 3.8) is 0 Å². The van der Waals surface area contributed by atoms with Gasteiger partial charge in [-0.2, -0.15) is 0 Å². The van der Waals surface area contributed by atoms with Gasteiger partial charge in [-0.25, -0.2) is 9.78 Å². The van der Waals surface area contributed by atoms with Crippen molar-refractivity contribution in [3.05, 3.63) is 36.5 Å². The van der Waals surface area contributed by atoms with E-state index in [1.807, 2.05) is 37.9 Å². The van der Waals surface area contributed by atoms with E-state index < -0.39 is 5.60 Å². The Morgan fingerprint density at radius 1 is 1.23 bits per heavy atom. The first-order valence-corrected chi connectivity index (χ1v) is 9.98. The lowest BCUT2D eigenvalue weighted by Gasteiger charge is -2.26. The highest BCUT2D eigenvalue weighted by Gasteiger charge is 2.44. The number of thiazole rings is 1. The molecule has 2 saturated heterocycles. The molecule has 0 saturated carbocycles. The quantitative estimate of drug-likeness (QED) is 0.791. The number of carbonyl (C=O) groups is 1. The zero-order valence-corrected chi connectivity index (χ0v) is 16.3. The van der Waals surface area contributed by atoms with Crippen LogP contribution in [0.5, 0.6) is 0 Å². The third-order valence-corrected chi connectivity index (χ3v) is 6.08. The van der Waals surface area contributed by atoms with Crippen molar-refractivity contribution in [3.8, 4) is 10.4 Å². The number of ether oxygens (including phenoxy) is 1. The Kier molecular flexibility index (Phi) is 4.39. The van der Waals surface area contributed by atoms with E-state index in [9.17, 15) is 4.79 Å². The van der Waals surface area contributed by atoms with Crippen LogP contribution in [0, 0.1) is 5.92 Å². The first-order chi connectivity index (χ1) is 12.4. The maximum absolute atomic E-state index is 12.4. The van der Waals surface area contributed by atoms with Crippen LogP contribution in [0.15, 0.2) is 36.5 Å². The van der Waals surface area contributed by atoms with Gasteiger partial charge in [0.05, 0.1) is 10.9 Å². The summed E-state index contributed by atoms with van der Waals surface area (Å²) in [6.07, 6.45) is 2.86. The van der Waals surface area contributed by atoms with Gasteiger partial charge in [-0.15, -0.1) is 0 Å². The summed E-state index contributed by atoms with van der Waals surface area (Å²) in [6.45, 7) is 8.25. The van der Waals surface area contributed by atoms with Gasteiger partial charge in [0.1, 0.15) is 5.60 Å². The number of benzene rings is 1. The monoisotopic (exact) mass is 371 g/mol. The lowest BCUT2D eigenvalue weighted by molar-refractivity contribution is 0.0284. The van der Waals surface area contributed by atoms with Crippen molar-refractivity contribution in [2.75, 3.05) is 24.5 Å². The zero-order chi connectivity index (χ0) is 18.3. The smallest absolute Gasteiger partial charge is 0.410 e. The molecule has 1 aromatic heterocycles. The highest BCUT2D eigenvalue weighted by molar-refractivity contribution is 7.18. The van der Waals surface area contributed by atoms with Crippen LogP contribution >= 0.6 is 11.3 Å². The van der Waals surface area contributed by atoms with Crippen LogP contribution in [0.25, 0.3) is 10.4 Å². The van der Waals surface area contributed by atoms with E-state index in [-0.39, 0.29) is 6.09 Å². The average Bonchev–Trinajstić information content (AvgIpc) is 3.29. The fourth-order valence-corrected chi connectivity index (χ4v) is 4.81. The Hall–Kier alpha value is -2.08. The second-order valence-corrected chi connectivity index (χ2v) is 9.08. The molecule has 2 aliphatic rings. The second-order valence-electron chi connectivity index (χ2n) is 8.07. The standard InChI is InChI=1S/C20H25N3O2S/c1-20(2,3)25-19(24)22-12-15-9-10-23(16(15)13-22)18-21-11-17(26-18)14-7-5-4-6-8-14/h4-8,11,15-16H,9-10,12-13H2,1-3H3/t15-,16+/m1/s1. The van der Waals surface area contributed by atoms with Gasteiger partial charge in [-0.3, -0.25) is 0 Å². The summed E-state index contributed by atoms with van der Waals surface area (Å²) in [6, 6.07) is 10.7. The molecule has 1 amide bonds. The topological polar surface area (TPSA) is 45.7 Å². The zero-order valence-electron chi connectivity index (χ0n) is 15.5. The second kappa shape index (κ2) is 6.58. The Bertz CT molecular complexity index is 784. The molecular formula is C20H25N3O2S. The van der Waals surface area contributed by atoms with E-state index in [2.05, 4.69) is 34.1 Å². The minimum Gasteiger partial charge on any atom is -0.444 e. The van der Waals surface area contributed by atoms with Gasteiger partial charge in [-0.1, -0.05) is 41.7 Å². The maximum Gasteiger partial charge on any atom is 0.410 e. The van der Waals surface area contributed by atoms with Crippen LogP contribution in [0.3, 0.4) is 0 Å². The number of hydrogen-bond donors (Lipinski definition) is 0. The lowest BCUT2D eigenvalue weighted by atomic mass is 10.1. The molecule has 1 aromatic carbocycles. The van der Waals surface area contributed by atoms with E-state index in [0.717, 1.165) is 31.2 Å². The highest BCUT2D eigenvalue weighted by Crippen LogP contribution is 2.39. The highest BCUT2D eigenvalue weighted by atomic mass is 32.1. The van der Waals surface area contributed by atoms with Gasteiger partial charge < -0.3 is 14.5 Å². The van der Waals surface area contributed by atoms with Crippen LogP contribution in [-0.4, -0.2) is 47.3 Å². The van der Waals surface area contributed by atoms with Gasteiger partial charge in [0.25, 0.3) is 0 Å². The fraction of sp³-hybridized carbons (Fsp3) is 0.500. The molecule has 2 aromatic rings. The maximum atomic E-state index is 12.4. The first kappa shape index (κ1) is 17.3. The van der Waals surface area contributed by atoms with Gasteiger partial charge in [0, 0.05) is 31.7 Å². The average molecular weight is 372 g/mol. The summed E-state index contributed by atoms with van der Waals surface area (Å²) >= 11 is 1.73. The van der Waals surface area contributed by atoms with Crippen LogP contribution in [0.4, 0.5) is 9.93 Å². The first-order valence-electron chi connectivity index (χ1n) is 9.16. The molecule has 2 fully saturated rings. The van der Waals surface area contributed by atoms with E-state index in [1.54, 1.807) is 11.3 Å². The summed E-state index contributed by atoms with van der Waals surface area (Å²) in [7, 11) is 0. The van der Waals surface area contributed by atoms with Gasteiger partial charge >= 0.3 is 6.09 Å². The molecule has 3 heterocycles. The lowest BCUT2D eigenvalue weighted by Crippen LogP contribution is -2.39. The molecular weight excluding hydrogens is 346 g/mol. The molecule has 138 valence electrons. The van der Waals surface area contributed by atoms with Crippen LogP contribution in [0.1, 0.15) is 27.2 Å². The minimum absolute atomic E-state index is 0.198. The molecule has 5 nitrogen and oxygen atoms in total. The molecule has 0 unspecified atom stereocenters. The number of rotatable bonds is 2.